The average Bonchev–Trinajstić information content (AvgIpc) is 2.82. The van der Waals surface area contributed by atoms with Crippen LogP contribution < -0.4 is 20.5 Å². The third kappa shape index (κ3) is 3.07. The summed E-state index contributed by atoms with van der Waals surface area (Å²) in [7, 11) is 3.19. The Bertz CT molecular complexity index is 943. The number of benzene rings is 2. The molecule has 0 spiro atoms. The molecule has 146 valence electrons. The number of rotatable bonds is 3. The van der Waals surface area contributed by atoms with Gasteiger partial charge < -0.3 is 25.4 Å². The van der Waals surface area contributed by atoms with Crippen LogP contribution in [0.25, 0.3) is 11.1 Å². The zero-order valence-electron chi connectivity index (χ0n) is 15.9. The Balaban J connectivity index is 1.76. The molecular formula is C21H23N3O4. The van der Waals surface area contributed by atoms with Crippen LogP contribution in [0.15, 0.2) is 36.4 Å². The van der Waals surface area contributed by atoms with Gasteiger partial charge in [0.25, 0.3) is 5.91 Å². The first-order chi connectivity index (χ1) is 13.5. The highest BCUT2D eigenvalue weighted by Crippen LogP contribution is 2.36. The Morgan fingerprint density at radius 2 is 1.89 bits per heavy atom. The molecule has 2 unspecified atom stereocenters. The van der Waals surface area contributed by atoms with Gasteiger partial charge in [-0.05, 0) is 42.7 Å². The molecular weight excluding hydrogens is 358 g/mol. The normalized spacial score (nSPS) is 21.3. The summed E-state index contributed by atoms with van der Waals surface area (Å²) in [6.07, 6.45) is 1.17. The van der Waals surface area contributed by atoms with Crippen LogP contribution in [0.4, 0.5) is 5.69 Å². The molecule has 3 N–H and O–H groups in total. The summed E-state index contributed by atoms with van der Waals surface area (Å²) in [5, 5.41) is 2.89. The molecule has 2 aromatic carbocycles. The number of methoxy groups -OCH3 is 2. The van der Waals surface area contributed by atoms with E-state index in [-0.39, 0.29) is 17.9 Å². The lowest BCUT2D eigenvalue weighted by atomic mass is 9.96. The van der Waals surface area contributed by atoms with Crippen LogP contribution >= 0.6 is 0 Å². The Hall–Kier alpha value is -3.06. The highest BCUT2D eigenvalue weighted by molar-refractivity contribution is 6.10. The maximum Gasteiger partial charge on any atom is 0.256 e. The van der Waals surface area contributed by atoms with Crippen molar-refractivity contribution in [2.24, 2.45) is 5.73 Å². The molecule has 0 aliphatic carbocycles. The van der Waals surface area contributed by atoms with E-state index in [1.54, 1.807) is 37.3 Å². The van der Waals surface area contributed by atoms with Gasteiger partial charge in [-0.3, -0.25) is 9.59 Å². The van der Waals surface area contributed by atoms with Crippen molar-refractivity contribution in [1.29, 1.82) is 0 Å². The number of carbonyl (C=O) groups is 2. The molecule has 1 fully saturated rings. The number of carbonyl (C=O) groups excluding carboxylic acids is 2. The van der Waals surface area contributed by atoms with Crippen molar-refractivity contribution in [2.75, 3.05) is 26.1 Å². The number of nitrogens with two attached hydrogens (primary N) is 1. The third-order valence-electron chi connectivity index (χ3n) is 5.43. The van der Waals surface area contributed by atoms with Gasteiger partial charge in [0.1, 0.15) is 17.5 Å². The summed E-state index contributed by atoms with van der Waals surface area (Å²) in [5.41, 5.74) is 8.68. The van der Waals surface area contributed by atoms with Crippen molar-refractivity contribution in [3.63, 3.8) is 0 Å². The first-order valence-electron chi connectivity index (χ1n) is 9.25. The number of amides is 2. The Morgan fingerprint density at radius 1 is 1.07 bits per heavy atom. The summed E-state index contributed by atoms with van der Waals surface area (Å²) in [6.45, 7) is 0.480. The van der Waals surface area contributed by atoms with Crippen molar-refractivity contribution < 1.29 is 19.1 Å². The van der Waals surface area contributed by atoms with E-state index in [0.717, 1.165) is 11.1 Å². The highest BCUT2D eigenvalue weighted by Gasteiger charge is 2.39. The van der Waals surface area contributed by atoms with E-state index in [2.05, 4.69) is 5.32 Å². The Morgan fingerprint density at radius 3 is 2.64 bits per heavy atom. The van der Waals surface area contributed by atoms with Gasteiger partial charge in [-0.2, -0.15) is 0 Å². The second kappa shape index (κ2) is 7.16. The molecule has 2 aliphatic heterocycles. The molecule has 1 saturated heterocycles. The molecule has 2 aromatic rings. The van der Waals surface area contributed by atoms with Gasteiger partial charge in [-0.15, -0.1) is 0 Å². The van der Waals surface area contributed by atoms with E-state index in [9.17, 15) is 9.59 Å². The first-order valence-corrected chi connectivity index (χ1v) is 9.25. The zero-order valence-corrected chi connectivity index (χ0v) is 15.9. The fraction of sp³-hybridized carbons (Fsp3) is 0.333. The quantitative estimate of drug-likeness (QED) is 0.851. The summed E-state index contributed by atoms with van der Waals surface area (Å²) in [6, 6.07) is 10.4. The number of hydrogen-bond donors (Lipinski definition) is 2. The second-order valence-electron chi connectivity index (χ2n) is 7.11. The predicted octanol–water partition coefficient (Wildman–Crippen LogP) is 2.25. The van der Waals surface area contributed by atoms with E-state index in [1.165, 1.54) is 0 Å². The number of anilines is 1. The molecule has 0 saturated carbocycles. The maximum absolute atomic E-state index is 13.2. The van der Waals surface area contributed by atoms with Crippen molar-refractivity contribution in [1.82, 2.24) is 4.90 Å². The number of fused-ring (bicyclic) bond motifs is 2. The van der Waals surface area contributed by atoms with Gasteiger partial charge in [-0.1, -0.05) is 6.07 Å². The Kier molecular flexibility index (Phi) is 4.68. The molecule has 28 heavy (non-hydrogen) atoms. The molecule has 0 radical (unpaired) electrons. The molecule has 0 bridgehead atoms. The van der Waals surface area contributed by atoms with Gasteiger partial charge in [0.15, 0.2) is 0 Å². The van der Waals surface area contributed by atoms with Crippen LogP contribution in [0.1, 0.15) is 23.2 Å². The number of nitrogens with one attached hydrogen (secondary N) is 1. The second-order valence-corrected chi connectivity index (χ2v) is 7.11. The predicted molar refractivity (Wildman–Crippen MR) is 106 cm³/mol. The van der Waals surface area contributed by atoms with Gasteiger partial charge in [-0.25, -0.2) is 0 Å². The maximum atomic E-state index is 13.2. The topological polar surface area (TPSA) is 93.9 Å². The van der Waals surface area contributed by atoms with Crippen LogP contribution in [-0.2, 0) is 4.79 Å². The minimum absolute atomic E-state index is 0.0693. The minimum Gasteiger partial charge on any atom is -0.497 e. The number of ether oxygens (including phenoxy) is 2. The number of nitrogens with zero attached hydrogens (tertiary/aromatic N) is 1. The minimum atomic E-state index is -0.525. The molecule has 2 amide bonds. The van der Waals surface area contributed by atoms with E-state index in [4.69, 9.17) is 15.2 Å². The molecule has 2 heterocycles. The smallest absolute Gasteiger partial charge is 0.256 e. The summed E-state index contributed by atoms with van der Waals surface area (Å²) in [4.78, 5) is 27.5. The van der Waals surface area contributed by atoms with E-state index in [1.807, 2.05) is 18.2 Å². The molecule has 7 heteroatoms. The van der Waals surface area contributed by atoms with E-state index in [0.29, 0.717) is 42.1 Å². The largest absolute Gasteiger partial charge is 0.497 e. The SMILES string of the molecule is COc1ccc(-c2ccc3c(c2)C(=O)N2CCC(N)CC2C(=O)N3)c(OC)c1. The van der Waals surface area contributed by atoms with Crippen LogP contribution in [0.5, 0.6) is 11.5 Å². The number of piperidine rings is 1. The number of hydrogen-bond acceptors (Lipinski definition) is 5. The van der Waals surface area contributed by atoms with Gasteiger partial charge in [0.2, 0.25) is 5.91 Å². The first kappa shape index (κ1) is 18.3. The standard InChI is InChI=1S/C21H23N3O4/c1-27-14-4-5-15(19(11-14)28-2)12-3-6-17-16(9-12)21(26)24-8-7-13(22)10-18(24)20(25)23-17/h3-6,9,11,13,18H,7-8,10,22H2,1-2H3,(H,23,25). The molecule has 2 atom stereocenters. The lowest BCUT2D eigenvalue weighted by Gasteiger charge is -2.35. The van der Waals surface area contributed by atoms with E-state index < -0.39 is 6.04 Å². The highest BCUT2D eigenvalue weighted by atomic mass is 16.5. The molecule has 2 aliphatic rings. The Labute approximate surface area is 163 Å². The van der Waals surface area contributed by atoms with Crippen molar-refractivity contribution in [3.05, 3.63) is 42.0 Å². The summed E-state index contributed by atoms with van der Waals surface area (Å²) >= 11 is 0. The monoisotopic (exact) mass is 381 g/mol. The average molecular weight is 381 g/mol. The fourth-order valence-corrected chi connectivity index (χ4v) is 3.89. The molecule has 7 nitrogen and oxygen atoms in total. The molecule has 4 rings (SSSR count). The third-order valence-corrected chi connectivity index (χ3v) is 5.43. The van der Waals surface area contributed by atoms with Crippen molar-refractivity contribution in [2.45, 2.75) is 24.9 Å². The summed E-state index contributed by atoms with van der Waals surface area (Å²) < 4.78 is 10.7. The van der Waals surface area contributed by atoms with E-state index >= 15 is 0 Å². The van der Waals surface area contributed by atoms with Gasteiger partial charge in [0.05, 0.1) is 25.5 Å². The molecule has 0 aromatic heterocycles. The van der Waals surface area contributed by atoms with Crippen LogP contribution in [0.2, 0.25) is 0 Å². The lowest BCUT2D eigenvalue weighted by Crippen LogP contribution is -2.53. The fourth-order valence-electron chi connectivity index (χ4n) is 3.89. The van der Waals surface area contributed by atoms with Gasteiger partial charge in [0, 0.05) is 24.2 Å². The zero-order chi connectivity index (χ0) is 19.8. The van der Waals surface area contributed by atoms with Crippen LogP contribution in [0, 0.1) is 0 Å². The summed E-state index contributed by atoms with van der Waals surface area (Å²) in [5.74, 6) is 0.994. The van der Waals surface area contributed by atoms with Crippen molar-refractivity contribution >= 4 is 17.5 Å². The van der Waals surface area contributed by atoms with Crippen LogP contribution in [-0.4, -0.2) is 49.6 Å². The van der Waals surface area contributed by atoms with Gasteiger partial charge >= 0.3 is 0 Å². The van der Waals surface area contributed by atoms with Crippen molar-refractivity contribution in [3.8, 4) is 22.6 Å². The van der Waals surface area contributed by atoms with Crippen LogP contribution in [0.3, 0.4) is 0 Å². The lowest BCUT2D eigenvalue weighted by molar-refractivity contribution is -0.121.